The van der Waals surface area contributed by atoms with Crippen LogP contribution in [0.5, 0.6) is 0 Å². The Morgan fingerprint density at radius 2 is 2.40 bits per heavy atom. The van der Waals surface area contributed by atoms with E-state index < -0.39 is 0 Å². The van der Waals surface area contributed by atoms with Crippen molar-refractivity contribution in [1.29, 1.82) is 0 Å². The van der Waals surface area contributed by atoms with Crippen molar-refractivity contribution in [2.75, 3.05) is 25.1 Å². The number of aromatic nitrogens is 1. The predicted molar refractivity (Wildman–Crippen MR) is 63.4 cm³/mol. The molecule has 3 nitrogen and oxygen atoms in total. The second-order valence-electron chi connectivity index (χ2n) is 3.28. The summed E-state index contributed by atoms with van der Waals surface area (Å²) in [5, 5.41) is 3.60. The van der Waals surface area contributed by atoms with E-state index >= 15 is 0 Å². The van der Waals surface area contributed by atoms with Crippen LogP contribution in [0.15, 0.2) is 30.4 Å². The second-order valence-corrected chi connectivity index (χ2v) is 3.67. The maximum absolute atomic E-state index is 5.73. The first-order valence-corrected chi connectivity index (χ1v) is 5.15. The van der Waals surface area contributed by atoms with Crippen molar-refractivity contribution in [3.8, 4) is 0 Å². The third-order valence-electron chi connectivity index (χ3n) is 1.62. The van der Waals surface area contributed by atoms with Gasteiger partial charge in [-0.1, -0.05) is 29.8 Å². The summed E-state index contributed by atoms with van der Waals surface area (Å²) in [7, 11) is 0. The summed E-state index contributed by atoms with van der Waals surface area (Å²) in [6.07, 6.45) is 0. The summed E-state index contributed by atoms with van der Waals surface area (Å²) in [6.45, 7) is 7.62. The van der Waals surface area contributed by atoms with E-state index in [1.165, 1.54) is 0 Å². The van der Waals surface area contributed by atoms with Crippen LogP contribution in [-0.2, 0) is 4.74 Å². The molecule has 4 heteroatoms. The van der Waals surface area contributed by atoms with E-state index in [9.17, 15) is 0 Å². The van der Waals surface area contributed by atoms with Crippen molar-refractivity contribution >= 4 is 17.4 Å². The second kappa shape index (κ2) is 6.43. The zero-order chi connectivity index (χ0) is 11.1. The lowest BCUT2D eigenvalue weighted by atomic mass is 10.4. The normalized spacial score (nSPS) is 10.0. The van der Waals surface area contributed by atoms with Gasteiger partial charge in [-0.3, -0.25) is 0 Å². The van der Waals surface area contributed by atoms with Crippen LogP contribution in [0.1, 0.15) is 6.92 Å². The molecule has 1 aromatic heterocycles. The minimum Gasteiger partial charge on any atom is -0.375 e. The molecule has 0 aromatic carbocycles. The van der Waals surface area contributed by atoms with E-state index in [1.54, 1.807) is 6.07 Å². The highest BCUT2D eigenvalue weighted by Gasteiger charge is 1.94. The molecule has 0 aliphatic heterocycles. The smallest absolute Gasteiger partial charge is 0.131 e. The molecular weight excluding hydrogens is 212 g/mol. The van der Waals surface area contributed by atoms with Gasteiger partial charge in [-0.15, -0.1) is 0 Å². The Labute approximate surface area is 95.1 Å². The highest BCUT2D eigenvalue weighted by atomic mass is 35.5. The van der Waals surface area contributed by atoms with E-state index in [-0.39, 0.29) is 0 Å². The van der Waals surface area contributed by atoms with Gasteiger partial charge in [0.05, 0.1) is 13.2 Å². The monoisotopic (exact) mass is 226 g/mol. The Hall–Kier alpha value is -1.06. The summed E-state index contributed by atoms with van der Waals surface area (Å²) in [6, 6.07) is 5.46. The van der Waals surface area contributed by atoms with Crippen molar-refractivity contribution in [1.82, 2.24) is 4.98 Å². The van der Waals surface area contributed by atoms with Crippen molar-refractivity contribution in [3.05, 3.63) is 35.5 Å². The quantitative estimate of drug-likeness (QED) is 0.460. The molecule has 1 heterocycles. The number of ether oxygens (including phenoxy) is 1. The Kier molecular flexibility index (Phi) is 5.15. The van der Waals surface area contributed by atoms with Crippen molar-refractivity contribution in [2.24, 2.45) is 0 Å². The largest absolute Gasteiger partial charge is 0.375 e. The molecule has 1 rings (SSSR count). The number of pyridine rings is 1. The van der Waals surface area contributed by atoms with E-state index in [0.29, 0.717) is 24.9 Å². The molecular formula is C11H15ClN2O. The molecule has 1 N–H and O–H groups in total. The van der Waals surface area contributed by atoms with Gasteiger partial charge in [-0.05, 0) is 19.1 Å². The van der Waals surface area contributed by atoms with Crippen LogP contribution in [0, 0.1) is 0 Å². The standard InChI is InChI=1S/C11H15ClN2O/c1-9(2)8-15-7-6-13-11-5-3-4-10(12)14-11/h3-5H,1,6-8H2,2H3,(H,13,14). The molecule has 0 aliphatic carbocycles. The van der Waals surface area contributed by atoms with Gasteiger partial charge in [0.2, 0.25) is 0 Å². The number of nitrogens with one attached hydrogen (secondary N) is 1. The predicted octanol–water partition coefficient (Wildman–Crippen LogP) is 2.74. The van der Waals surface area contributed by atoms with E-state index in [2.05, 4.69) is 16.9 Å². The fourth-order valence-electron chi connectivity index (χ4n) is 1.00. The Morgan fingerprint density at radius 3 is 3.07 bits per heavy atom. The molecule has 0 bridgehead atoms. The van der Waals surface area contributed by atoms with Gasteiger partial charge in [0.15, 0.2) is 0 Å². The summed E-state index contributed by atoms with van der Waals surface area (Å²) in [5.41, 5.74) is 1.02. The first-order chi connectivity index (χ1) is 7.18. The van der Waals surface area contributed by atoms with Crippen LogP contribution < -0.4 is 5.32 Å². The molecule has 15 heavy (non-hydrogen) atoms. The molecule has 0 spiro atoms. The lowest BCUT2D eigenvalue weighted by Gasteiger charge is -2.06. The van der Waals surface area contributed by atoms with Crippen LogP contribution >= 0.6 is 11.6 Å². The summed E-state index contributed by atoms with van der Waals surface area (Å²) < 4.78 is 5.32. The molecule has 0 aliphatic rings. The van der Waals surface area contributed by atoms with Gasteiger partial charge < -0.3 is 10.1 Å². The maximum Gasteiger partial charge on any atom is 0.131 e. The third-order valence-corrected chi connectivity index (χ3v) is 1.83. The first kappa shape index (κ1) is 12.0. The Balaban J connectivity index is 2.17. The minimum absolute atomic E-state index is 0.489. The van der Waals surface area contributed by atoms with Gasteiger partial charge >= 0.3 is 0 Å². The number of anilines is 1. The summed E-state index contributed by atoms with van der Waals surface area (Å²) >= 11 is 5.73. The van der Waals surface area contributed by atoms with Crippen LogP contribution in [0.3, 0.4) is 0 Å². The lowest BCUT2D eigenvalue weighted by molar-refractivity contribution is 0.167. The number of nitrogens with zero attached hydrogens (tertiary/aromatic N) is 1. The van der Waals surface area contributed by atoms with Crippen LogP contribution in [0.4, 0.5) is 5.82 Å². The molecule has 0 radical (unpaired) electrons. The fourth-order valence-corrected chi connectivity index (χ4v) is 1.17. The van der Waals surface area contributed by atoms with Gasteiger partial charge in [-0.25, -0.2) is 4.98 Å². The van der Waals surface area contributed by atoms with E-state index in [0.717, 1.165) is 11.4 Å². The zero-order valence-corrected chi connectivity index (χ0v) is 9.55. The van der Waals surface area contributed by atoms with Crippen LogP contribution in [0.25, 0.3) is 0 Å². The van der Waals surface area contributed by atoms with Crippen LogP contribution in [0.2, 0.25) is 5.15 Å². The molecule has 0 amide bonds. The number of hydrogen-bond acceptors (Lipinski definition) is 3. The van der Waals surface area contributed by atoms with Crippen molar-refractivity contribution in [3.63, 3.8) is 0 Å². The molecule has 82 valence electrons. The summed E-state index contributed by atoms with van der Waals surface area (Å²) in [5.74, 6) is 0.765. The van der Waals surface area contributed by atoms with Gasteiger partial charge in [-0.2, -0.15) is 0 Å². The minimum atomic E-state index is 0.489. The number of rotatable bonds is 6. The Morgan fingerprint density at radius 1 is 1.60 bits per heavy atom. The first-order valence-electron chi connectivity index (χ1n) is 4.77. The topological polar surface area (TPSA) is 34.1 Å². The summed E-state index contributed by atoms with van der Waals surface area (Å²) in [4.78, 5) is 4.09. The molecule has 1 aromatic rings. The third kappa shape index (κ3) is 5.40. The molecule has 0 unspecified atom stereocenters. The van der Waals surface area contributed by atoms with Crippen molar-refractivity contribution in [2.45, 2.75) is 6.92 Å². The Bertz CT molecular complexity index is 328. The van der Waals surface area contributed by atoms with Gasteiger partial charge in [0.1, 0.15) is 11.0 Å². The van der Waals surface area contributed by atoms with Gasteiger partial charge in [0, 0.05) is 6.54 Å². The zero-order valence-electron chi connectivity index (χ0n) is 8.79. The van der Waals surface area contributed by atoms with E-state index in [4.69, 9.17) is 16.3 Å². The lowest BCUT2D eigenvalue weighted by Crippen LogP contribution is -2.11. The van der Waals surface area contributed by atoms with Crippen LogP contribution in [-0.4, -0.2) is 24.7 Å². The SMILES string of the molecule is C=C(C)COCCNc1cccc(Cl)n1. The van der Waals surface area contributed by atoms with Crippen molar-refractivity contribution < 1.29 is 4.74 Å². The van der Waals surface area contributed by atoms with E-state index in [1.807, 2.05) is 19.1 Å². The highest BCUT2D eigenvalue weighted by molar-refractivity contribution is 6.29. The molecule has 0 fully saturated rings. The number of halogens is 1. The maximum atomic E-state index is 5.73. The fraction of sp³-hybridized carbons (Fsp3) is 0.364. The van der Waals surface area contributed by atoms with Gasteiger partial charge in [0.25, 0.3) is 0 Å². The highest BCUT2D eigenvalue weighted by Crippen LogP contribution is 2.08. The molecule has 0 saturated heterocycles. The number of hydrogen-bond donors (Lipinski definition) is 1. The molecule has 0 atom stereocenters. The average molecular weight is 227 g/mol. The average Bonchev–Trinajstić information content (AvgIpc) is 2.17. The molecule has 0 saturated carbocycles.